The predicted octanol–water partition coefficient (Wildman–Crippen LogP) is 3.13. The van der Waals surface area contributed by atoms with Crippen LogP contribution in [0.2, 0.25) is 5.02 Å². The molecular weight excluding hydrogens is 274 g/mol. The molecule has 4 nitrogen and oxygen atoms in total. The molecule has 0 aromatic heterocycles. The average molecular weight is 296 g/mol. The van der Waals surface area contributed by atoms with Crippen LogP contribution in [-0.4, -0.2) is 30.4 Å². The van der Waals surface area contributed by atoms with Gasteiger partial charge in [0.05, 0.1) is 10.7 Å². The molecule has 5 heteroatoms. The first-order chi connectivity index (χ1) is 9.65. The Kier molecular flexibility index (Phi) is 5.68. The van der Waals surface area contributed by atoms with Crippen molar-refractivity contribution in [3.05, 3.63) is 23.2 Å². The number of anilines is 2. The molecule has 0 bridgehead atoms. The number of amides is 1. The second-order valence-electron chi connectivity index (χ2n) is 5.29. The fourth-order valence-corrected chi connectivity index (χ4v) is 2.73. The van der Waals surface area contributed by atoms with Gasteiger partial charge in [0.2, 0.25) is 5.91 Å². The van der Waals surface area contributed by atoms with Crippen molar-refractivity contribution in [3.63, 3.8) is 0 Å². The van der Waals surface area contributed by atoms with E-state index < -0.39 is 0 Å². The zero-order chi connectivity index (χ0) is 14.4. The van der Waals surface area contributed by atoms with Crippen LogP contribution < -0.4 is 11.1 Å². The van der Waals surface area contributed by atoms with E-state index in [9.17, 15) is 4.79 Å². The lowest BCUT2D eigenvalue weighted by atomic mass is 10.1. The summed E-state index contributed by atoms with van der Waals surface area (Å²) in [6, 6.07) is 5.11. The van der Waals surface area contributed by atoms with Gasteiger partial charge < -0.3 is 16.0 Å². The lowest BCUT2D eigenvalue weighted by Gasteiger charge is -2.26. The van der Waals surface area contributed by atoms with E-state index in [0.29, 0.717) is 22.8 Å². The van der Waals surface area contributed by atoms with Gasteiger partial charge in [-0.3, -0.25) is 4.79 Å². The molecular formula is C15H22ClN3O. The van der Waals surface area contributed by atoms with Crippen molar-refractivity contribution in [2.75, 3.05) is 30.7 Å². The van der Waals surface area contributed by atoms with E-state index in [4.69, 9.17) is 17.3 Å². The number of nitrogens with two attached hydrogens (primary N) is 1. The highest BCUT2D eigenvalue weighted by Crippen LogP contribution is 2.24. The number of likely N-dealkylation sites (tertiary alicyclic amines) is 1. The predicted molar refractivity (Wildman–Crippen MR) is 84.0 cm³/mol. The number of hydrogen-bond donors (Lipinski definition) is 2. The second-order valence-corrected chi connectivity index (χ2v) is 5.70. The summed E-state index contributed by atoms with van der Waals surface area (Å²) in [5.74, 6) is 0.00804. The number of nitrogens with zero attached hydrogens (tertiary/aromatic N) is 1. The van der Waals surface area contributed by atoms with Crippen molar-refractivity contribution in [3.8, 4) is 0 Å². The maximum Gasteiger partial charge on any atom is 0.224 e. The average Bonchev–Trinajstić information content (AvgIpc) is 2.43. The minimum absolute atomic E-state index is 0.00804. The third-order valence-corrected chi connectivity index (χ3v) is 3.91. The summed E-state index contributed by atoms with van der Waals surface area (Å²) in [6.45, 7) is 3.35. The number of nitrogen functional groups attached to an aromatic ring is 1. The lowest BCUT2D eigenvalue weighted by Crippen LogP contribution is -2.31. The monoisotopic (exact) mass is 295 g/mol. The molecule has 1 aliphatic rings. The molecule has 1 fully saturated rings. The molecule has 0 saturated carbocycles. The van der Waals surface area contributed by atoms with Gasteiger partial charge in [-0.1, -0.05) is 18.0 Å². The van der Waals surface area contributed by atoms with Crippen molar-refractivity contribution < 1.29 is 4.79 Å². The van der Waals surface area contributed by atoms with E-state index >= 15 is 0 Å². The van der Waals surface area contributed by atoms with E-state index in [0.717, 1.165) is 13.0 Å². The van der Waals surface area contributed by atoms with Crippen LogP contribution in [0.25, 0.3) is 0 Å². The molecule has 1 saturated heterocycles. The lowest BCUT2D eigenvalue weighted by molar-refractivity contribution is -0.116. The molecule has 2 rings (SSSR count). The largest absolute Gasteiger partial charge is 0.399 e. The first-order valence-corrected chi connectivity index (χ1v) is 7.60. The van der Waals surface area contributed by atoms with Gasteiger partial charge in [0.1, 0.15) is 0 Å². The molecule has 1 heterocycles. The number of halogens is 1. The van der Waals surface area contributed by atoms with Gasteiger partial charge in [0.15, 0.2) is 0 Å². The molecule has 3 N–H and O–H groups in total. The summed E-state index contributed by atoms with van der Waals surface area (Å²) in [6.07, 6.45) is 5.32. The van der Waals surface area contributed by atoms with E-state index in [1.165, 1.54) is 32.4 Å². The van der Waals surface area contributed by atoms with Gasteiger partial charge in [-0.2, -0.15) is 0 Å². The van der Waals surface area contributed by atoms with Crippen LogP contribution in [0, 0.1) is 0 Å². The van der Waals surface area contributed by atoms with Crippen LogP contribution in [0.5, 0.6) is 0 Å². The van der Waals surface area contributed by atoms with Gasteiger partial charge in [-0.05, 0) is 57.1 Å². The molecule has 1 aliphatic heterocycles. The molecule has 20 heavy (non-hydrogen) atoms. The summed E-state index contributed by atoms with van der Waals surface area (Å²) in [5.41, 5.74) is 6.84. The minimum atomic E-state index is 0.00804. The Hall–Kier alpha value is -1.26. The number of benzene rings is 1. The number of hydrogen-bond acceptors (Lipinski definition) is 3. The Labute approximate surface area is 125 Å². The van der Waals surface area contributed by atoms with Crippen molar-refractivity contribution in [2.45, 2.75) is 32.1 Å². The highest BCUT2D eigenvalue weighted by molar-refractivity contribution is 6.34. The highest BCUT2D eigenvalue weighted by Gasteiger charge is 2.11. The standard InChI is InChI=1S/C15H22ClN3O/c16-13-11-12(17)6-7-14(13)18-15(20)5-4-10-19-8-2-1-3-9-19/h6-7,11H,1-5,8-10,17H2,(H,18,20). The Balaban J connectivity index is 1.72. The number of rotatable bonds is 5. The van der Waals surface area contributed by atoms with Gasteiger partial charge >= 0.3 is 0 Å². The highest BCUT2D eigenvalue weighted by atomic mass is 35.5. The van der Waals surface area contributed by atoms with Gasteiger partial charge in [0, 0.05) is 12.1 Å². The van der Waals surface area contributed by atoms with E-state index in [1.807, 2.05) is 0 Å². The van der Waals surface area contributed by atoms with Gasteiger partial charge in [-0.15, -0.1) is 0 Å². The van der Waals surface area contributed by atoms with Crippen LogP contribution in [0.1, 0.15) is 32.1 Å². The SMILES string of the molecule is Nc1ccc(NC(=O)CCCN2CCCCC2)c(Cl)c1. The van der Waals surface area contributed by atoms with Crippen molar-refractivity contribution in [1.29, 1.82) is 0 Å². The Morgan fingerprint density at radius 2 is 2.05 bits per heavy atom. The topological polar surface area (TPSA) is 58.4 Å². The minimum Gasteiger partial charge on any atom is -0.399 e. The normalized spacial score (nSPS) is 16.1. The van der Waals surface area contributed by atoms with Gasteiger partial charge in [0.25, 0.3) is 0 Å². The molecule has 110 valence electrons. The quantitative estimate of drug-likeness (QED) is 0.821. The van der Waals surface area contributed by atoms with E-state index in [-0.39, 0.29) is 5.91 Å². The molecule has 0 spiro atoms. The molecule has 0 radical (unpaired) electrons. The fraction of sp³-hybridized carbons (Fsp3) is 0.533. The summed E-state index contributed by atoms with van der Waals surface area (Å²) >= 11 is 6.03. The first kappa shape index (κ1) is 15.1. The Morgan fingerprint density at radius 3 is 2.75 bits per heavy atom. The molecule has 0 atom stereocenters. The molecule has 1 amide bonds. The van der Waals surface area contributed by atoms with Crippen LogP contribution in [0.4, 0.5) is 11.4 Å². The third-order valence-electron chi connectivity index (χ3n) is 3.59. The third kappa shape index (κ3) is 4.69. The summed E-state index contributed by atoms with van der Waals surface area (Å²) in [5, 5.41) is 3.31. The number of carbonyl (C=O) groups is 1. The van der Waals surface area contributed by atoms with Crippen molar-refractivity contribution in [2.24, 2.45) is 0 Å². The number of nitrogens with one attached hydrogen (secondary N) is 1. The maximum absolute atomic E-state index is 11.9. The van der Waals surface area contributed by atoms with Crippen LogP contribution in [0.3, 0.4) is 0 Å². The zero-order valence-corrected chi connectivity index (χ0v) is 12.5. The first-order valence-electron chi connectivity index (χ1n) is 7.22. The Bertz CT molecular complexity index is 458. The Morgan fingerprint density at radius 1 is 1.30 bits per heavy atom. The van der Waals surface area contributed by atoms with Crippen LogP contribution in [0.15, 0.2) is 18.2 Å². The van der Waals surface area contributed by atoms with Crippen LogP contribution >= 0.6 is 11.6 Å². The van der Waals surface area contributed by atoms with Crippen LogP contribution in [-0.2, 0) is 4.79 Å². The number of piperidine rings is 1. The molecule has 1 aromatic rings. The van der Waals surface area contributed by atoms with E-state index in [1.54, 1.807) is 18.2 Å². The molecule has 1 aromatic carbocycles. The van der Waals surface area contributed by atoms with Gasteiger partial charge in [-0.25, -0.2) is 0 Å². The summed E-state index contributed by atoms with van der Waals surface area (Å²) < 4.78 is 0. The second kappa shape index (κ2) is 7.50. The zero-order valence-electron chi connectivity index (χ0n) is 11.7. The smallest absolute Gasteiger partial charge is 0.224 e. The van der Waals surface area contributed by atoms with Crippen molar-refractivity contribution in [1.82, 2.24) is 4.90 Å². The molecule has 0 unspecified atom stereocenters. The summed E-state index contributed by atoms with van der Waals surface area (Å²) in [4.78, 5) is 14.3. The summed E-state index contributed by atoms with van der Waals surface area (Å²) in [7, 11) is 0. The fourth-order valence-electron chi connectivity index (χ4n) is 2.49. The number of carbonyl (C=O) groups excluding carboxylic acids is 1. The maximum atomic E-state index is 11.9. The van der Waals surface area contributed by atoms with E-state index in [2.05, 4.69) is 10.2 Å². The van der Waals surface area contributed by atoms with Crippen molar-refractivity contribution >= 4 is 28.9 Å². The molecule has 0 aliphatic carbocycles.